The van der Waals surface area contributed by atoms with Crippen molar-refractivity contribution >= 4 is 22.9 Å². The summed E-state index contributed by atoms with van der Waals surface area (Å²) in [4.78, 5) is 11.1. The van der Waals surface area contributed by atoms with Gasteiger partial charge in [0.25, 0.3) is 0 Å². The second kappa shape index (κ2) is 10.5. The summed E-state index contributed by atoms with van der Waals surface area (Å²) in [5, 5.41) is 0. The van der Waals surface area contributed by atoms with Gasteiger partial charge in [-0.3, -0.25) is 4.90 Å². The molecule has 6 rings (SSSR count). The summed E-state index contributed by atoms with van der Waals surface area (Å²) >= 11 is 0. The minimum Gasteiger partial charge on any atom is -0.457 e. The molecule has 2 heterocycles. The van der Waals surface area contributed by atoms with Crippen molar-refractivity contribution in [1.29, 1.82) is 0 Å². The fourth-order valence-corrected chi connectivity index (χ4v) is 4.58. The summed E-state index contributed by atoms with van der Waals surface area (Å²) in [5.74, 6) is 2.39. The molecule has 4 aromatic carbocycles. The standard InChI is InChI=1S/C33H28N4O/c1-35-21-22-36(25-35)29-11-7-13-31(23-29)38-32-14-8-12-30(24-32)37(33-15-5-6-20-34-33)28-18-16-27(17-19-28)26-9-3-2-4-10-26/h2-24H,25H2,1H3. The van der Waals surface area contributed by atoms with Gasteiger partial charge in [0.1, 0.15) is 17.3 Å². The average Bonchev–Trinajstić information content (AvgIpc) is 3.41. The number of benzene rings is 4. The molecule has 5 heteroatoms. The Bertz CT molecular complexity index is 1530. The van der Waals surface area contributed by atoms with Crippen molar-refractivity contribution in [2.75, 3.05) is 23.5 Å². The summed E-state index contributed by atoms with van der Waals surface area (Å²) in [5.41, 5.74) is 5.44. The van der Waals surface area contributed by atoms with Gasteiger partial charge in [0, 0.05) is 49.2 Å². The summed E-state index contributed by atoms with van der Waals surface area (Å²) in [6, 6.07) is 41.2. The van der Waals surface area contributed by atoms with Crippen molar-refractivity contribution in [3.63, 3.8) is 0 Å². The minimum absolute atomic E-state index is 0.760. The van der Waals surface area contributed by atoms with E-state index < -0.39 is 0 Å². The van der Waals surface area contributed by atoms with Gasteiger partial charge in [-0.2, -0.15) is 0 Å². The maximum atomic E-state index is 6.33. The van der Waals surface area contributed by atoms with E-state index in [-0.39, 0.29) is 0 Å². The molecular weight excluding hydrogens is 468 g/mol. The van der Waals surface area contributed by atoms with Gasteiger partial charge in [-0.25, -0.2) is 4.98 Å². The molecule has 0 spiro atoms. The molecule has 0 radical (unpaired) electrons. The van der Waals surface area contributed by atoms with Gasteiger partial charge in [0.05, 0.1) is 12.4 Å². The van der Waals surface area contributed by atoms with Crippen LogP contribution in [0.15, 0.2) is 140 Å². The lowest BCUT2D eigenvalue weighted by Gasteiger charge is -2.25. The fraction of sp³-hybridized carbons (Fsp3) is 0.0606. The number of rotatable bonds is 7. The van der Waals surface area contributed by atoms with Gasteiger partial charge >= 0.3 is 0 Å². The Balaban J connectivity index is 1.30. The molecule has 0 amide bonds. The highest BCUT2D eigenvalue weighted by Crippen LogP contribution is 2.37. The summed E-state index contributed by atoms with van der Waals surface area (Å²) < 4.78 is 6.33. The predicted octanol–water partition coefficient (Wildman–Crippen LogP) is 8.19. The van der Waals surface area contributed by atoms with E-state index in [4.69, 9.17) is 4.74 Å². The quantitative estimate of drug-likeness (QED) is 0.227. The molecule has 1 aromatic heterocycles. The normalized spacial score (nSPS) is 12.6. The SMILES string of the molecule is CN1C=CN(c2cccc(Oc3cccc(N(c4ccc(-c5ccccc5)cc4)c4ccccn4)c3)c2)C1. The first-order chi connectivity index (χ1) is 18.7. The van der Waals surface area contributed by atoms with Crippen LogP contribution >= 0.6 is 0 Å². The number of aromatic nitrogens is 1. The maximum Gasteiger partial charge on any atom is 0.137 e. The van der Waals surface area contributed by atoms with Gasteiger partial charge in [-0.1, -0.05) is 60.7 Å². The molecule has 0 saturated carbocycles. The second-order valence-corrected chi connectivity index (χ2v) is 9.20. The van der Waals surface area contributed by atoms with Crippen LogP contribution in [0.25, 0.3) is 11.1 Å². The first kappa shape index (κ1) is 23.4. The lowest BCUT2D eigenvalue weighted by molar-refractivity contribution is 0.481. The van der Waals surface area contributed by atoms with Crippen molar-refractivity contribution in [3.8, 4) is 22.6 Å². The smallest absolute Gasteiger partial charge is 0.137 e. The van der Waals surface area contributed by atoms with Crippen LogP contribution in [0.5, 0.6) is 11.5 Å². The molecule has 5 nitrogen and oxygen atoms in total. The maximum absolute atomic E-state index is 6.33. The third-order valence-electron chi connectivity index (χ3n) is 6.45. The number of anilines is 4. The molecule has 0 bridgehead atoms. The number of nitrogens with zero attached hydrogens (tertiary/aromatic N) is 4. The van der Waals surface area contributed by atoms with Crippen molar-refractivity contribution in [2.45, 2.75) is 0 Å². The molecule has 0 fully saturated rings. The average molecular weight is 497 g/mol. The topological polar surface area (TPSA) is 31.8 Å². The zero-order chi connectivity index (χ0) is 25.7. The molecular formula is C33H28N4O. The summed E-state index contributed by atoms with van der Waals surface area (Å²) in [6.45, 7) is 0.820. The van der Waals surface area contributed by atoms with Crippen LogP contribution in [0, 0.1) is 0 Å². The van der Waals surface area contributed by atoms with Crippen molar-refractivity contribution in [1.82, 2.24) is 9.88 Å². The highest BCUT2D eigenvalue weighted by atomic mass is 16.5. The molecule has 0 saturated heterocycles. The van der Waals surface area contributed by atoms with E-state index in [9.17, 15) is 0 Å². The van der Waals surface area contributed by atoms with Crippen LogP contribution in [0.2, 0.25) is 0 Å². The van der Waals surface area contributed by atoms with Crippen LogP contribution in [0.3, 0.4) is 0 Å². The van der Waals surface area contributed by atoms with Crippen LogP contribution < -0.4 is 14.5 Å². The first-order valence-electron chi connectivity index (χ1n) is 12.6. The lowest BCUT2D eigenvalue weighted by atomic mass is 10.1. The molecule has 0 unspecified atom stereocenters. The van der Waals surface area contributed by atoms with Crippen LogP contribution in [0.4, 0.5) is 22.9 Å². The molecule has 5 aromatic rings. The Hall–Kier alpha value is -5.03. The largest absolute Gasteiger partial charge is 0.457 e. The van der Waals surface area contributed by atoms with Crippen molar-refractivity contribution in [2.24, 2.45) is 0 Å². The van der Waals surface area contributed by atoms with E-state index in [1.807, 2.05) is 54.7 Å². The monoisotopic (exact) mass is 496 g/mol. The summed E-state index contributed by atoms with van der Waals surface area (Å²) in [7, 11) is 2.06. The third-order valence-corrected chi connectivity index (χ3v) is 6.45. The van der Waals surface area contributed by atoms with Gasteiger partial charge in [0.2, 0.25) is 0 Å². The van der Waals surface area contributed by atoms with E-state index in [0.717, 1.165) is 41.0 Å². The predicted molar refractivity (Wildman–Crippen MR) is 155 cm³/mol. The molecule has 186 valence electrons. The minimum atomic E-state index is 0.760. The Morgan fingerprint density at radius 2 is 1.39 bits per heavy atom. The molecule has 0 N–H and O–H groups in total. The fourth-order valence-electron chi connectivity index (χ4n) is 4.58. The number of hydrogen-bond acceptors (Lipinski definition) is 5. The van der Waals surface area contributed by atoms with Gasteiger partial charge in [0.15, 0.2) is 0 Å². The van der Waals surface area contributed by atoms with Gasteiger partial charge in [-0.15, -0.1) is 0 Å². The summed E-state index contributed by atoms with van der Waals surface area (Å²) in [6.07, 6.45) is 5.96. The van der Waals surface area contributed by atoms with Gasteiger partial charge in [-0.05, 0) is 59.7 Å². The van der Waals surface area contributed by atoms with Crippen LogP contribution in [-0.4, -0.2) is 23.6 Å². The van der Waals surface area contributed by atoms with Crippen molar-refractivity contribution in [3.05, 3.63) is 140 Å². The van der Waals surface area contributed by atoms with E-state index >= 15 is 0 Å². The van der Waals surface area contributed by atoms with E-state index in [0.29, 0.717) is 0 Å². The number of pyridine rings is 1. The number of ether oxygens (including phenoxy) is 1. The molecule has 0 aliphatic carbocycles. The molecule has 38 heavy (non-hydrogen) atoms. The van der Waals surface area contributed by atoms with Gasteiger partial charge < -0.3 is 14.5 Å². The molecule has 0 atom stereocenters. The zero-order valence-electron chi connectivity index (χ0n) is 21.2. The Labute approximate surface area is 223 Å². The Kier molecular flexibility index (Phi) is 6.48. The third kappa shape index (κ3) is 5.08. The van der Waals surface area contributed by atoms with Crippen LogP contribution in [0.1, 0.15) is 0 Å². The van der Waals surface area contributed by atoms with E-state index in [2.05, 4.69) is 112 Å². The second-order valence-electron chi connectivity index (χ2n) is 9.20. The first-order valence-corrected chi connectivity index (χ1v) is 12.6. The lowest BCUT2D eigenvalue weighted by Crippen LogP contribution is -2.21. The molecule has 1 aliphatic heterocycles. The van der Waals surface area contributed by atoms with E-state index in [1.54, 1.807) is 0 Å². The molecule has 1 aliphatic rings. The highest BCUT2D eigenvalue weighted by Gasteiger charge is 2.15. The zero-order valence-corrected chi connectivity index (χ0v) is 21.2. The Morgan fingerprint density at radius 1 is 0.658 bits per heavy atom. The van der Waals surface area contributed by atoms with Crippen molar-refractivity contribution < 1.29 is 4.74 Å². The van der Waals surface area contributed by atoms with E-state index in [1.165, 1.54) is 11.1 Å². The number of hydrogen-bond donors (Lipinski definition) is 0. The Morgan fingerprint density at radius 3 is 2.13 bits per heavy atom. The highest BCUT2D eigenvalue weighted by molar-refractivity contribution is 5.77. The van der Waals surface area contributed by atoms with Crippen LogP contribution in [-0.2, 0) is 0 Å².